The molecule has 0 fully saturated rings. The van der Waals surface area contributed by atoms with Crippen molar-refractivity contribution in [1.29, 1.82) is 0 Å². The standard InChI is InChI=1S/C17H17BrFN/c18-15-9-8-14(16(19)11-15)12-20-10-4-3-6-13-5-1-2-7-17(13)20/h1-2,5,7-9,11H,3-4,6,10,12H2. The van der Waals surface area contributed by atoms with Crippen LogP contribution in [0.3, 0.4) is 0 Å². The molecular weight excluding hydrogens is 317 g/mol. The van der Waals surface area contributed by atoms with Gasteiger partial charge in [-0.05, 0) is 43.0 Å². The van der Waals surface area contributed by atoms with Gasteiger partial charge in [-0.25, -0.2) is 4.39 Å². The summed E-state index contributed by atoms with van der Waals surface area (Å²) in [6, 6.07) is 13.8. The van der Waals surface area contributed by atoms with Crippen molar-refractivity contribution in [2.75, 3.05) is 11.4 Å². The molecule has 0 atom stereocenters. The van der Waals surface area contributed by atoms with Gasteiger partial charge in [-0.15, -0.1) is 0 Å². The van der Waals surface area contributed by atoms with Crippen LogP contribution in [0.4, 0.5) is 10.1 Å². The second-order valence-corrected chi connectivity index (χ2v) is 6.16. The average molecular weight is 334 g/mol. The molecule has 0 bridgehead atoms. The zero-order valence-corrected chi connectivity index (χ0v) is 12.9. The minimum absolute atomic E-state index is 0.138. The number of hydrogen-bond donors (Lipinski definition) is 0. The summed E-state index contributed by atoms with van der Waals surface area (Å²) in [7, 11) is 0. The molecule has 0 saturated heterocycles. The van der Waals surface area contributed by atoms with E-state index in [-0.39, 0.29) is 5.82 Å². The average Bonchev–Trinajstić information content (AvgIpc) is 2.65. The molecule has 0 amide bonds. The Morgan fingerprint density at radius 1 is 1.10 bits per heavy atom. The topological polar surface area (TPSA) is 3.24 Å². The summed E-state index contributed by atoms with van der Waals surface area (Å²) in [5.74, 6) is -0.138. The van der Waals surface area contributed by atoms with Crippen molar-refractivity contribution in [2.24, 2.45) is 0 Å². The van der Waals surface area contributed by atoms with Crippen LogP contribution >= 0.6 is 15.9 Å². The van der Waals surface area contributed by atoms with E-state index in [1.165, 1.54) is 17.7 Å². The molecule has 0 radical (unpaired) electrons. The highest BCUT2D eigenvalue weighted by Crippen LogP contribution is 2.28. The molecule has 0 spiro atoms. The molecule has 0 saturated carbocycles. The lowest BCUT2D eigenvalue weighted by molar-refractivity contribution is 0.601. The molecule has 1 aliphatic rings. The first kappa shape index (κ1) is 13.6. The van der Waals surface area contributed by atoms with Gasteiger partial charge in [0.2, 0.25) is 0 Å². The van der Waals surface area contributed by atoms with E-state index in [1.54, 1.807) is 6.07 Å². The van der Waals surface area contributed by atoms with Gasteiger partial charge in [0.05, 0.1) is 0 Å². The molecular formula is C17H17BrFN. The maximum atomic E-state index is 14.0. The second-order valence-electron chi connectivity index (χ2n) is 5.24. The molecule has 1 aliphatic heterocycles. The van der Waals surface area contributed by atoms with Crippen molar-refractivity contribution in [3.8, 4) is 0 Å². The lowest BCUT2D eigenvalue weighted by Crippen LogP contribution is -2.24. The van der Waals surface area contributed by atoms with Crippen molar-refractivity contribution in [3.05, 3.63) is 63.9 Å². The largest absolute Gasteiger partial charge is 0.367 e. The van der Waals surface area contributed by atoms with Gasteiger partial charge in [0, 0.05) is 28.8 Å². The first-order valence-corrected chi connectivity index (χ1v) is 7.80. The second kappa shape index (κ2) is 5.96. The molecule has 3 rings (SSSR count). The van der Waals surface area contributed by atoms with Gasteiger partial charge in [-0.3, -0.25) is 0 Å². The summed E-state index contributed by atoms with van der Waals surface area (Å²) in [5.41, 5.74) is 3.39. The van der Waals surface area contributed by atoms with Crippen LogP contribution in [0.15, 0.2) is 46.9 Å². The van der Waals surface area contributed by atoms with Gasteiger partial charge in [0.1, 0.15) is 5.82 Å². The number of hydrogen-bond acceptors (Lipinski definition) is 1. The van der Waals surface area contributed by atoms with E-state index >= 15 is 0 Å². The van der Waals surface area contributed by atoms with E-state index in [2.05, 4.69) is 45.1 Å². The smallest absolute Gasteiger partial charge is 0.129 e. The summed E-state index contributed by atoms with van der Waals surface area (Å²) in [6.07, 6.45) is 3.48. The van der Waals surface area contributed by atoms with E-state index in [0.717, 1.165) is 29.4 Å². The number of aryl methyl sites for hydroxylation is 1. The molecule has 2 aromatic rings. The first-order chi connectivity index (χ1) is 9.74. The number of halogens is 2. The summed E-state index contributed by atoms with van der Waals surface area (Å²) in [6.45, 7) is 1.63. The lowest BCUT2D eigenvalue weighted by Gasteiger charge is -2.25. The van der Waals surface area contributed by atoms with Gasteiger partial charge in [0.15, 0.2) is 0 Å². The zero-order valence-electron chi connectivity index (χ0n) is 11.3. The SMILES string of the molecule is Fc1cc(Br)ccc1CN1CCCCc2ccccc21. The zero-order chi connectivity index (χ0) is 13.9. The van der Waals surface area contributed by atoms with Crippen LogP contribution in [0.2, 0.25) is 0 Å². The molecule has 0 aliphatic carbocycles. The number of rotatable bonds is 2. The van der Waals surface area contributed by atoms with Crippen molar-refractivity contribution < 1.29 is 4.39 Å². The fraction of sp³-hybridized carbons (Fsp3) is 0.294. The Bertz CT molecular complexity index is 612. The number of nitrogens with zero attached hydrogens (tertiary/aromatic N) is 1. The predicted molar refractivity (Wildman–Crippen MR) is 84.5 cm³/mol. The summed E-state index contributed by atoms with van der Waals surface area (Å²) in [4.78, 5) is 2.30. The molecule has 104 valence electrons. The van der Waals surface area contributed by atoms with Gasteiger partial charge < -0.3 is 4.90 Å². The minimum atomic E-state index is -0.138. The predicted octanol–water partition coefficient (Wildman–Crippen LogP) is 4.93. The van der Waals surface area contributed by atoms with E-state index in [9.17, 15) is 4.39 Å². The normalized spacial score (nSPS) is 14.8. The molecule has 20 heavy (non-hydrogen) atoms. The van der Waals surface area contributed by atoms with Crippen molar-refractivity contribution in [2.45, 2.75) is 25.8 Å². The summed E-state index contributed by atoms with van der Waals surface area (Å²) >= 11 is 3.31. The summed E-state index contributed by atoms with van der Waals surface area (Å²) < 4.78 is 14.8. The Kier molecular flexibility index (Phi) is 4.06. The van der Waals surface area contributed by atoms with E-state index in [1.807, 2.05) is 12.1 Å². The lowest BCUT2D eigenvalue weighted by atomic mass is 10.1. The Balaban J connectivity index is 1.90. The van der Waals surface area contributed by atoms with Gasteiger partial charge in [-0.2, -0.15) is 0 Å². The maximum Gasteiger partial charge on any atom is 0.129 e. The first-order valence-electron chi connectivity index (χ1n) is 7.01. The van der Waals surface area contributed by atoms with Crippen molar-refractivity contribution in [1.82, 2.24) is 0 Å². The highest BCUT2D eigenvalue weighted by molar-refractivity contribution is 9.10. The van der Waals surface area contributed by atoms with Gasteiger partial charge in [-0.1, -0.05) is 40.2 Å². The van der Waals surface area contributed by atoms with Gasteiger partial charge in [0.25, 0.3) is 0 Å². The van der Waals surface area contributed by atoms with Crippen LogP contribution in [-0.4, -0.2) is 6.54 Å². The fourth-order valence-corrected chi connectivity index (χ4v) is 3.12. The van der Waals surface area contributed by atoms with Crippen molar-refractivity contribution >= 4 is 21.6 Å². The highest BCUT2D eigenvalue weighted by atomic mass is 79.9. The molecule has 1 nitrogen and oxygen atoms in total. The highest BCUT2D eigenvalue weighted by Gasteiger charge is 2.16. The number of para-hydroxylation sites is 1. The van der Waals surface area contributed by atoms with Gasteiger partial charge >= 0.3 is 0 Å². The monoisotopic (exact) mass is 333 g/mol. The van der Waals surface area contributed by atoms with Crippen LogP contribution in [0.25, 0.3) is 0 Å². The third-order valence-corrected chi connectivity index (χ3v) is 4.33. The third-order valence-electron chi connectivity index (χ3n) is 3.83. The van der Waals surface area contributed by atoms with E-state index in [4.69, 9.17) is 0 Å². The number of fused-ring (bicyclic) bond motifs is 1. The van der Waals surface area contributed by atoms with Crippen LogP contribution in [0, 0.1) is 5.82 Å². The Hall–Kier alpha value is -1.35. The Morgan fingerprint density at radius 2 is 1.95 bits per heavy atom. The maximum absolute atomic E-state index is 14.0. The Morgan fingerprint density at radius 3 is 2.80 bits per heavy atom. The summed E-state index contributed by atoms with van der Waals surface area (Å²) in [5, 5.41) is 0. The molecule has 0 N–H and O–H groups in total. The molecule has 3 heteroatoms. The number of anilines is 1. The number of benzene rings is 2. The molecule has 1 heterocycles. The van der Waals surface area contributed by atoms with Crippen LogP contribution < -0.4 is 4.90 Å². The third kappa shape index (κ3) is 2.88. The van der Waals surface area contributed by atoms with Crippen molar-refractivity contribution in [3.63, 3.8) is 0 Å². The van der Waals surface area contributed by atoms with E-state index in [0.29, 0.717) is 6.54 Å². The Labute approximate surface area is 127 Å². The minimum Gasteiger partial charge on any atom is -0.367 e. The molecule has 0 aromatic heterocycles. The van der Waals surface area contributed by atoms with Crippen LogP contribution in [-0.2, 0) is 13.0 Å². The van der Waals surface area contributed by atoms with Crippen LogP contribution in [0.5, 0.6) is 0 Å². The van der Waals surface area contributed by atoms with E-state index < -0.39 is 0 Å². The quantitative estimate of drug-likeness (QED) is 0.753. The fourth-order valence-electron chi connectivity index (χ4n) is 2.79. The molecule has 2 aromatic carbocycles. The molecule has 0 unspecified atom stereocenters. The van der Waals surface area contributed by atoms with Crippen LogP contribution in [0.1, 0.15) is 24.0 Å².